The molecule has 6 rings (SSSR count). The molecule has 1 N–H and O–H groups in total. The van der Waals surface area contributed by atoms with E-state index in [9.17, 15) is 9.59 Å². The van der Waals surface area contributed by atoms with E-state index in [4.69, 9.17) is 0 Å². The maximum absolute atomic E-state index is 12.7. The first-order valence-electron chi connectivity index (χ1n) is 11.4. The van der Waals surface area contributed by atoms with Gasteiger partial charge >= 0.3 is 0 Å². The molecule has 1 aromatic heterocycles. The van der Waals surface area contributed by atoms with Gasteiger partial charge < -0.3 is 4.90 Å². The number of benzene rings is 2. The molecular weight excluding hydrogens is 386 g/mol. The molecule has 0 radical (unpaired) electrons. The normalized spacial score (nSPS) is 29.9. The molecule has 1 aliphatic heterocycles. The second-order valence-corrected chi connectivity index (χ2v) is 9.96. The third-order valence-electron chi connectivity index (χ3n) is 7.85. The van der Waals surface area contributed by atoms with Crippen LogP contribution < -0.4 is 5.56 Å². The molecule has 1 amide bonds. The molecule has 2 heterocycles. The largest absolute Gasteiger partial charge is 0.339 e. The predicted octanol–water partition coefficient (Wildman–Crippen LogP) is 4.04. The Morgan fingerprint density at radius 2 is 1.65 bits per heavy atom. The summed E-state index contributed by atoms with van der Waals surface area (Å²) >= 11 is 0. The van der Waals surface area contributed by atoms with E-state index in [1.165, 1.54) is 5.56 Å². The van der Waals surface area contributed by atoms with Crippen molar-refractivity contribution in [2.24, 2.45) is 11.3 Å². The van der Waals surface area contributed by atoms with Crippen LogP contribution in [0.25, 0.3) is 10.8 Å². The van der Waals surface area contributed by atoms with E-state index in [0.717, 1.165) is 55.1 Å². The average molecular weight is 414 g/mol. The molecule has 3 aliphatic rings. The summed E-state index contributed by atoms with van der Waals surface area (Å²) in [5.41, 5.74) is 2.61. The summed E-state index contributed by atoms with van der Waals surface area (Å²) in [6, 6.07) is 18.7. The smallest absolute Gasteiger partial charge is 0.272 e. The van der Waals surface area contributed by atoms with Gasteiger partial charge in [0.15, 0.2) is 0 Å². The van der Waals surface area contributed by atoms with Crippen LogP contribution >= 0.6 is 0 Å². The Hall–Kier alpha value is -2.95. The summed E-state index contributed by atoms with van der Waals surface area (Å²) in [7, 11) is 0. The van der Waals surface area contributed by atoms with Gasteiger partial charge in [0.1, 0.15) is 0 Å². The Balaban J connectivity index is 1.08. The summed E-state index contributed by atoms with van der Waals surface area (Å²) in [6.45, 7) is 0.907. The fourth-order valence-corrected chi connectivity index (χ4v) is 6.37. The topological polar surface area (TPSA) is 66.1 Å². The van der Waals surface area contributed by atoms with Gasteiger partial charge in [-0.05, 0) is 55.1 Å². The van der Waals surface area contributed by atoms with Crippen LogP contribution in [-0.2, 0) is 11.2 Å². The number of likely N-dealkylation sites (tertiary alicyclic amines) is 1. The first-order valence-corrected chi connectivity index (χ1v) is 11.4. The van der Waals surface area contributed by atoms with Gasteiger partial charge in [0.05, 0.1) is 11.1 Å². The van der Waals surface area contributed by atoms with Gasteiger partial charge in [-0.15, -0.1) is 0 Å². The van der Waals surface area contributed by atoms with Gasteiger partial charge in [0.25, 0.3) is 5.56 Å². The fraction of sp³-hybridized carbons (Fsp3) is 0.423. The molecule has 158 valence electrons. The summed E-state index contributed by atoms with van der Waals surface area (Å²) in [6.07, 6.45) is 6.15. The number of amides is 1. The van der Waals surface area contributed by atoms with Gasteiger partial charge in [-0.3, -0.25) is 9.59 Å². The van der Waals surface area contributed by atoms with E-state index in [1.54, 1.807) is 0 Å². The standard InChI is InChI=1S/C26H27N3O2/c30-23-11-18(10-17-6-2-1-3-7-17)16-29(23)20-14-26(15-20)12-19(13-26)24-21-8-4-5-9-22(21)25(31)28-27-24/h1-9,18-20H,10-16H2,(H,28,31)/t18-,19-,20-,26?/m1/s1. The van der Waals surface area contributed by atoms with Crippen LogP contribution in [0.5, 0.6) is 0 Å². The Labute approximate surface area is 181 Å². The number of nitrogens with zero attached hydrogens (tertiary/aromatic N) is 2. The number of rotatable bonds is 4. The van der Waals surface area contributed by atoms with Crippen molar-refractivity contribution in [3.8, 4) is 0 Å². The van der Waals surface area contributed by atoms with Gasteiger partial charge in [0.2, 0.25) is 5.91 Å². The number of hydrogen-bond acceptors (Lipinski definition) is 3. The zero-order valence-corrected chi connectivity index (χ0v) is 17.6. The van der Waals surface area contributed by atoms with Crippen LogP contribution in [0.15, 0.2) is 59.4 Å². The van der Waals surface area contributed by atoms with Crippen molar-refractivity contribution in [3.05, 3.63) is 76.2 Å². The van der Waals surface area contributed by atoms with Crippen molar-refractivity contribution < 1.29 is 4.79 Å². The first-order chi connectivity index (χ1) is 15.1. The number of hydrogen-bond donors (Lipinski definition) is 1. The maximum atomic E-state index is 12.7. The lowest BCUT2D eigenvalue weighted by Gasteiger charge is -2.59. The minimum atomic E-state index is -0.116. The summed E-state index contributed by atoms with van der Waals surface area (Å²) in [5, 5.41) is 8.80. The molecule has 1 spiro atoms. The van der Waals surface area contributed by atoms with E-state index in [-0.39, 0.29) is 5.56 Å². The first kappa shape index (κ1) is 18.8. The molecule has 3 aromatic rings. The summed E-state index contributed by atoms with van der Waals surface area (Å²) in [5.74, 6) is 1.19. The van der Waals surface area contributed by atoms with Crippen molar-refractivity contribution in [2.45, 2.75) is 50.5 Å². The zero-order valence-electron chi connectivity index (χ0n) is 17.6. The molecule has 31 heavy (non-hydrogen) atoms. The second kappa shape index (κ2) is 7.04. The number of aromatic amines is 1. The van der Waals surface area contributed by atoms with Gasteiger partial charge in [0, 0.05) is 30.3 Å². The highest BCUT2D eigenvalue weighted by molar-refractivity contribution is 5.84. The Kier molecular flexibility index (Phi) is 4.27. The number of fused-ring (bicyclic) bond motifs is 1. The summed E-state index contributed by atoms with van der Waals surface area (Å²) < 4.78 is 0. The Bertz CT molecular complexity index is 1190. The van der Waals surface area contributed by atoms with Crippen LogP contribution in [0.4, 0.5) is 0 Å². The molecule has 5 nitrogen and oxygen atoms in total. The van der Waals surface area contributed by atoms with Crippen molar-refractivity contribution in [3.63, 3.8) is 0 Å². The maximum Gasteiger partial charge on any atom is 0.272 e. The molecular formula is C26H27N3O2. The highest BCUT2D eigenvalue weighted by atomic mass is 16.2. The van der Waals surface area contributed by atoms with Crippen LogP contribution in [-0.4, -0.2) is 33.6 Å². The van der Waals surface area contributed by atoms with Crippen molar-refractivity contribution in [1.29, 1.82) is 0 Å². The van der Waals surface area contributed by atoms with Crippen molar-refractivity contribution in [1.82, 2.24) is 15.1 Å². The SMILES string of the molecule is O=C1C[C@@H](Cc2ccccc2)CN1[C@H]1CC2(C[C@H](c3n[nH]c(=O)c4ccccc43)C2)C1. The molecule has 0 bridgehead atoms. The zero-order chi connectivity index (χ0) is 21.0. The fourth-order valence-electron chi connectivity index (χ4n) is 6.37. The number of nitrogens with one attached hydrogen (secondary N) is 1. The second-order valence-electron chi connectivity index (χ2n) is 9.96. The monoisotopic (exact) mass is 413 g/mol. The highest BCUT2D eigenvalue weighted by Gasteiger charge is 2.56. The van der Waals surface area contributed by atoms with E-state index in [0.29, 0.717) is 35.6 Å². The van der Waals surface area contributed by atoms with Crippen LogP contribution in [0.1, 0.15) is 49.3 Å². The molecule has 5 heteroatoms. The number of aromatic nitrogens is 2. The van der Waals surface area contributed by atoms with Gasteiger partial charge in [-0.25, -0.2) is 5.10 Å². The van der Waals surface area contributed by atoms with Crippen LogP contribution in [0.3, 0.4) is 0 Å². The third-order valence-corrected chi connectivity index (χ3v) is 7.85. The number of carbonyl (C=O) groups is 1. The van der Waals surface area contributed by atoms with Gasteiger partial charge in [-0.2, -0.15) is 5.10 Å². The lowest BCUT2D eigenvalue weighted by atomic mass is 9.49. The van der Waals surface area contributed by atoms with E-state index < -0.39 is 0 Å². The lowest BCUT2D eigenvalue weighted by Crippen LogP contribution is -2.56. The predicted molar refractivity (Wildman–Crippen MR) is 120 cm³/mol. The van der Waals surface area contributed by atoms with Crippen LogP contribution in [0.2, 0.25) is 0 Å². The molecule has 1 saturated heterocycles. The van der Waals surface area contributed by atoms with Crippen molar-refractivity contribution >= 4 is 16.7 Å². The minimum absolute atomic E-state index is 0.116. The quantitative estimate of drug-likeness (QED) is 0.702. The molecule has 3 fully saturated rings. The highest BCUT2D eigenvalue weighted by Crippen LogP contribution is 2.63. The molecule has 2 saturated carbocycles. The molecule has 2 aliphatic carbocycles. The van der Waals surface area contributed by atoms with E-state index >= 15 is 0 Å². The van der Waals surface area contributed by atoms with Crippen molar-refractivity contribution in [2.75, 3.05) is 6.54 Å². The summed E-state index contributed by atoms with van der Waals surface area (Å²) in [4.78, 5) is 26.9. The Morgan fingerprint density at radius 1 is 0.935 bits per heavy atom. The molecule has 0 unspecified atom stereocenters. The lowest BCUT2D eigenvalue weighted by molar-refractivity contribution is -0.138. The van der Waals surface area contributed by atoms with Crippen LogP contribution in [0, 0.1) is 11.3 Å². The average Bonchev–Trinajstić information content (AvgIpc) is 3.08. The third kappa shape index (κ3) is 3.18. The van der Waals surface area contributed by atoms with E-state index in [2.05, 4.69) is 39.4 Å². The Morgan fingerprint density at radius 3 is 2.42 bits per heavy atom. The number of H-pyrrole nitrogens is 1. The minimum Gasteiger partial charge on any atom is -0.339 e. The van der Waals surface area contributed by atoms with E-state index in [1.807, 2.05) is 30.3 Å². The number of carbonyl (C=O) groups excluding carboxylic acids is 1. The molecule has 1 atom stereocenters. The molecule has 2 aromatic carbocycles. The van der Waals surface area contributed by atoms with Gasteiger partial charge in [-0.1, -0.05) is 48.5 Å².